The van der Waals surface area contributed by atoms with E-state index in [1.807, 2.05) is 12.1 Å². The molecule has 0 aliphatic heterocycles. The lowest BCUT2D eigenvalue weighted by molar-refractivity contribution is -0.298. The molecule has 0 atom stereocenters. The molecule has 0 saturated carbocycles. The number of fused-ring (bicyclic) bond motifs is 1. The van der Waals surface area contributed by atoms with Gasteiger partial charge in [0, 0.05) is 17.0 Å². The molecular weight excluding hydrogens is 370 g/mol. The molecular formula is C19H16NO6S-. The quantitative estimate of drug-likeness (QED) is 0.452. The Bertz CT molecular complexity index is 952. The van der Waals surface area contributed by atoms with Crippen molar-refractivity contribution in [2.24, 2.45) is 0 Å². The van der Waals surface area contributed by atoms with Crippen molar-refractivity contribution in [2.45, 2.75) is 5.22 Å². The molecule has 0 fully saturated rings. The van der Waals surface area contributed by atoms with Gasteiger partial charge in [-0.3, -0.25) is 0 Å². The summed E-state index contributed by atoms with van der Waals surface area (Å²) < 4.78 is 21.5. The number of aliphatic carboxylic acids is 1. The molecule has 7 nitrogen and oxygen atoms in total. The van der Waals surface area contributed by atoms with E-state index in [2.05, 4.69) is 4.98 Å². The molecule has 0 aliphatic carbocycles. The number of para-hydroxylation sites is 2. The molecule has 1 heterocycles. The predicted octanol–water partition coefficient (Wildman–Crippen LogP) is 2.74. The Morgan fingerprint density at radius 3 is 2.33 bits per heavy atom. The van der Waals surface area contributed by atoms with Crippen molar-refractivity contribution in [1.29, 1.82) is 0 Å². The number of ether oxygens (including phenoxy) is 3. The van der Waals surface area contributed by atoms with E-state index in [1.165, 1.54) is 27.4 Å². The van der Waals surface area contributed by atoms with Crippen LogP contribution in [0.1, 0.15) is 5.56 Å². The Balaban J connectivity index is 2.04. The van der Waals surface area contributed by atoms with Crippen LogP contribution in [0.3, 0.4) is 0 Å². The summed E-state index contributed by atoms with van der Waals surface area (Å²) in [4.78, 5) is 15.8. The van der Waals surface area contributed by atoms with E-state index >= 15 is 0 Å². The highest BCUT2D eigenvalue weighted by Crippen LogP contribution is 2.38. The summed E-state index contributed by atoms with van der Waals surface area (Å²) in [5, 5.41) is 11.9. The lowest BCUT2D eigenvalue weighted by Crippen LogP contribution is -2.23. The van der Waals surface area contributed by atoms with Gasteiger partial charge in [-0.25, -0.2) is 4.98 Å². The highest BCUT2D eigenvalue weighted by atomic mass is 32.2. The fraction of sp³-hybridized carbons (Fsp3) is 0.158. The monoisotopic (exact) mass is 386 g/mol. The summed E-state index contributed by atoms with van der Waals surface area (Å²) in [5.74, 6) is -0.0733. The third-order valence-corrected chi connectivity index (χ3v) is 4.55. The average molecular weight is 386 g/mol. The molecule has 0 amide bonds. The van der Waals surface area contributed by atoms with Crippen molar-refractivity contribution in [3.8, 4) is 17.2 Å². The van der Waals surface area contributed by atoms with Gasteiger partial charge in [-0.15, -0.1) is 0 Å². The van der Waals surface area contributed by atoms with Crippen molar-refractivity contribution in [3.05, 3.63) is 46.9 Å². The van der Waals surface area contributed by atoms with Gasteiger partial charge in [0.25, 0.3) is 5.22 Å². The number of rotatable bonds is 7. The summed E-state index contributed by atoms with van der Waals surface area (Å²) in [6, 6.07) is 10.4. The summed E-state index contributed by atoms with van der Waals surface area (Å²) in [7, 11) is 4.45. The molecule has 2 aromatic carbocycles. The molecule has 27 heavy (non-hydrogen) atoms. The first-order valence-corrected chi connectivity index (χ1v) is 8.63. The number of carboxylic acid groups (broad SMARTS) is 1. The van der Waals surface area contributed by atoms with Gasteiger partial charge >= 0.3 is 0 Å². The van der Waals surface area contributed by atoms with E-state index in [0.717, 1.165) is 11.8 Å². The fourth-order valence-electron chi connectivity index (χ4n) is 2.42. The van der Waals surface area contributed by atoms with Gasteiger partial charge in [-0.2, -0.15) is 0 Å². The Morgan fingerprint density at radius 1 is 1.11 bits per heavy atom. The number of thioether (sulfide) groups is 1. The zero-order valence-electron chi connectivity index (χ0n) is 14.8. The average Bonchev–Trinajstić information content (AvgIpc) is 3.09. The Hall–Kier alpha value is -3.13. The molecule has 0 radical (unpaired) electrons. The second-order valence-corrected chi connectivity index (χ2v) is 6.28. The number of hydrogen-bond acceptors (Lipinski definition) is 8. The third kappa shape index (κ3) is 4.01. The smallest absolute Gasteiger partial charge is 0.261 e. The summed E-state index contributed by atoms with van der Waals surface area (Å²) in [5.41, 5.74) is 1.64. The normalized spacial score (nSPS) is 11.4. The molecule has 8 heteroatoms. The van der Waals surface area contributed by atoms with E-state index < -0.39 is 5.97 Å². The van der Waals surface area contributed by atoms with E-state index in [9.17, 15) is 9.90 Å². The van der Waals surface area contributed by atoms with Crippen LogP contribution in [0.5, 0.6) is 17.2 Å². The Labute approximate surface area is 159 Å². The zero-order chi connectivity index (χ0) is 19.4. The molecule has 3 aromatic rings. The minimum absolute atomic E-state index is 0.108. The zero-order valence-corrected chi connectivity index (χ0v) is 15.7. The highest BCUT2D eigenvalue weighted by molar-refractivity contribution is 8.03. The Morgan fingerprint density at radius 2 is 1.78 bits per heavy atom. The fourth-order valence-corrected chi connectivity index (χ4v) is 3.15. The molecule has 1 aromatic heterocycles. The van der Waals surface area contributed by atoms with Crippen molar-refractivity contribution in [3.63, 3.8) is 0 Å². The lowest BCUT2D eigenvalue weighted by Gasteiger charge is -2.14. The molecule has 0 spiro atoms. The van der Waals surface area contributed by atoms with Crippen LogP contribution >= 0.6 is 11.8 Å². The van der Waals surface area contributed by atoms with Gasteiger partial charge in [0.1, 0.15) is 22.8 Å². The van der Waals surface area contributed by atoms with E-state index in [-0.39, 0.29) is 10.1 Å². The number of carbonyl (C=O) groups is 1. The van der Waals surface area contributed by atoms with Gasteiger partial charge in [-0.05, 0) is 30.0 Å². The summed E-state index contributed by atoms with van der Waals surface area (Å²) in [6.07, 6.45) is 1.39. The number of benzene rings is 2. The second-order valence-electron chi connectivity index (χ2n) is 5.29. The maximum absolute atomic E-state index is 11.7. The SMILES string of the molecule is COc1cc(OC)c(/C=C(\Sc2nc3ccccc3o2)C(=O)[O-])c(OC)c1. The first kappa shape index (κ1) is 18.7. The number of oxazole rings is 1. The maximum atomic E-state index is 11.7. The number of nitrogens with zero attached hydrogens (tertiary/aromatic N) is 1. The van der Waals surface area contributed by atoms with Gasteiger partial charge in [0.05, 0.1) is 32.9 Å². The number of hydrogen-bond donors (Lipinski definition) is 0. The molecule has 140 valence electrons. The minimum Gasteiger partial charge on any atom is -0.544 e. The summed E-state index contributed by atoms with van der Waals surface area (Å²) >= 11 is 0.845. The second kappa shape index (κ2) is 8.05. The van der Waals surface area contributed by atoms with Crippen LogP contribution < -0.4 is 19.3 Å². The molecule has 0 N–H and O–H groups in total. The van der Waals surface area contributed by atoms with Crippen LogP contribution in [0.2, 0.25) is 0 Å². The van der Waals surface area contributed by atoms with Crippen molar-refractivity contribution in [2.75, 3.05) is 21.3 Å². The largest absolute Gasteiger partial charge is 0.544 e. The molecule has 0 saturated heterocycles. The number of aromatic nitrogens is 1. The lowest BCUT2D eigenvalue weighted by atomic mass is 10.1. The standard InChI is InChI=1S/C19H17NO6S/c1-23-11-8-15(24-2)12(16(9-11)25-3)10-17(18(21)22)27-19-20-13-6-4-5-7-14(13)26-19/h4-10H,1-3H3,(H,21,22)/p-1/b17-10-. The molecule has 0 unspecified atom stereocenters. The topological polar surface area (TPSA) is 93.9 Å². The van der Waals surface area contributed by atoms with E-state index in [0.29, 0.717) is 33.9 Å². The van der Waals surface area contributed by atoms with E-state index in [1.54, 1.807) is 24.3 Å². The van der Waals surface area contributed by atoms with Gasteiger partial charge < -0.3 is 28.5 Å². The number of carboxylic acids is 1. The van der Waals surface area contributed by atoms with Crippen LogP contribution in [-0.2, 0) is 4.79 Å². The van der Waals surface area contributed by atoms with Crippen LogP contribution in [-0.4, -0.2) is 32.3 Å². The van der Waals surface area contributed by atoms with Crippen molar-refractivity contribution in [1.82, 2.24) is 4.98 Å². The van der Waals surface area contributed by atoms with Crippen LogP contribution in [0.25, 0.3) is 17.2 Å². The minimum atomic E-state index is -1.37. The Kier molecular flexibility index (Phi) is 5.56. The van der Waals surface area contributed by atoms with Crippen LogP contribution in [0.4, 0.5) is 0 Å². The first-order valence-electron chi connectivity index (χ1n) is 7.82. The number of methoxy groups -OCH3 is 3. The van der Waals surface area contributed by atoms with Crippen LogP contribution in [0.15, 0.2) is 50.9 Å². The first-order chi connectivity index (χ1) is 13.0. The predicted molar refractivity (Wildman–Crippen MR) is 98.9 cm³/mol. The van der Waals surface area contributed by atoms with Gasteiger partial charge in [-0.1, -0.05) is 12.1 Å². The molecule has 0 aliphatic rings. The van der Waals surface area contributed by atoms with E-state index in [4.69, 9.17) is 18.6 Å². The molecule has 3 rings (SSSR count). The van der Waals surface area contributed by atoms with Crippen molar-refractivity contribution < 1.29 is 28.5 Å². The van der Waals surface area contributed by atoms with Gasteiger partial charge in [0.15, 0.2) is 5.58 Å². The van der Waals surface area contributed by atoms with Gasteiger partial charge in [0.2, 0.25) is 0 Å². The maximum Gasteiger partial charge on any atom is 0.261 e. The highest BCUT2D eigenvalue weighted by Gasteiger charge is 2.15. The molecule has 0 bridgehead atoms. The third-order valence-electron chi connectivity index (χ3n) is 3.70. The number of carbonyl (C=O) groups excluding carboxylic acids is 1. The van der Waals surface area contributed by atoms with Crippen molar-refractivity contribution >= 4 is 34.9 Å². The summed E-state index contributed by atoms with van der Waals surface area (Å²) in [6.45, 7) is 0. The van der Waals surface area contributed by atoms with Crippen LogP contribution in [0, 0.1) is 0 Å².